The van der Waals surface area contributed by atoms with Crippen LogP contribution in [0.3, 0.4) is 0 Å². The van der Waals surface area contributed by atoms with Crippen molar-refractivity contribution in [1.82, 2.24) is 24.8 Å². The molecule has 1 amide bonds. The Bertz CT molecular complexity index is 2160. The van der Waals surface area contributed by atoms with Crippen molar-refractivity contribution in [1.29, 1.82) is 0 Å². The summed E-state index contributed by atoms with van der Waals surface area (Å²) in [5.74, 6) is 1.76. The van der Waals surface area contributed by atoms with Gasteiger partial charge < -0.3 is 28.7 Å². The molecule has 11 nitrogen and oxygen atoms in total. The summed E-state index contributed by atoms with van der Waals surface area (Å²) in [4.78, 5) is 33.2. The van der Waals surface area contributed by atoms with E-state index in [-0.39, 0.29) is 65.3 Å². The third kappa shape index (κ3) is 6.41. The number of carbonyl (C=O) groups excluding carboxylic acids is 1. The average molecular weight is 745 g/mol. The first-order valence-electron chi connectivity index (χ1n) is 18.4. The fraction of sp³-hybridized carbons (Fsp3) is 0.500. The van der Waals surface area contributed by atoms with E-state index >= 15 is 8.78 Å². The van der Waals surface area contributed by atoms with Crippen LogP contribution in [0.5, 0.6) is 11.8 Å². The van der Waals surface area contributed by atoms with Gasteiger partial charge in [-0.3, -0.25) is 9.88 Å². The minimum absolute atomic E-state index is 0.0444. The van der Waals surface area contributed by atoms with E-state index in [0.717, 1.165) is 32.2 Å². The van der Waals surface area contributed by atoms with Gasteiger partial charge in [-0.2, -0.15) is 9.97 Å². The second-order valence-electron chi connectivity index (χ2n) is 15.7. The van der Waals surface area contributed by atoms with Crippen LogP contribution in [0, 0.1) is 24.0 Å². The van der Waals surface area contributed by atoms with Crippen LogP contribution in [0.1, 0.15) is 58.4 Å². The maximum atomic E-state index is 17.3. The van der Waals surface area contributed by atoms with Crippen LogP contribution in [0.4, 0.5) is 23.8 Å². The number of terminal acetylenes is 1. The molecule has 4 fully saturated rings. The molecule has 0 N–H and O–H groups in total. The molecular weight excluding hydrogens is 701 g/mol. The summed E-state index contributed by atoms with van der Waals surface area (Å²) >= 11 is 0. The Labute approximate surface area is 311 Å². The Morgan fingerprint density at radius 3 is 2.59 bits per heavy atom. The predicted molar refractivity (Wildman–Crippen MR) is 196 cm³/mol. The molecule has 0 aliphatic carbocycles. The van der Waals surface area contributed by atoms with Gasteiger partial charge in [0.25, 0.3) is 0 Å². The number of pyridine rings is 1. The quantitative estimate of drug-likeness (QED) is 0.144. The van der Waals surface area contributed by atoms with Gasteiger partial charge in [-0.15, -0.1) is 6.42 Å². The zero-order valence-electron chi connectivity index (χ0n) is 30.8. The molecule has 0 radical (unpaired) electrons. The van der Waals surface area contributed by atoms with Gasteiger partial charge in [0.2, 0.25) is 0 Å². The van der Waals surface area contributed by atoms with E-state index in [9.17, 15) is 9.18 Å². The Balaban J connectivity index is 1.25. The number of nitrogens with zero attached hydrogens (tertiary/aromatic N) is 6. The number of hydrogen-bond acceptors (Lipinski definition) is 10. The highest BCUT2D eigenvalue weighted by Crippen LogP contribution is 2.43. The number of halogens is 3. The first-order chi connectivity index (χ1) is 25.9. The minimum atomic E-state index is -0.957. The molecule has 6 heterocycles. The molecular formula is C40H43F3N6O5. The summed E-state index contributed by atoms with van der Waals surface area (Å²) in [6.45, 7) is 7.47. The van der Waals surface area contributed by atoms with E-state index in [1.807, 2.05) is 20.8 Å². The lowest BCUT2D eigenvalue weighted by atomic mass is 9.95. The van der Waals surface area contributed by atoms with Crippen molar-refractivity contribution in [2.24, 2.45) is 0 Å². The zero-order chi connectivity index (χ0) is 37.9. The van der Waals surface area contributed by atoms with Crippen LogP contribution in [-0.4, -0.2) is 107 Å². The number of rotatable bonds is 8. The van der Waals surface area contributed by atoms with Gasteiger partial charge in [0.15, 0.2) is 12.6 Å². The van der Waals surface area contributed by atoms with Gasteiger partial charge in [0, 0.05) is 62.4 Å². The van der Waals surface area contributed by atoms with E-state index in [2.05, 4.69) is 25.7 Å². The topological polar surface area (TPSA) is 102 Å². The monoisotopic (exact) mass is 744 g/mol. The third-order valence-corrected chi connectivity index (χ3v) is 11.0. The molecule has 0 spiro atoms. The molecule has 4 saturated heterocycles. The molecule has 14 heteroatoms. The normalized spacial score (nSPS) is 23.9. The fourth-order valence-electron chi connectivity index (χ4n) is 8.79. The summed E-state index contributed by atoms with van der Waals surface area (Å²) in [5, 5.41) is 1.15. The average Bonchev–Trinajstić information content (AvgIpc) is 3.75. The van der Waals surface area contributed by atoms with Crippen LogP contribution in [0.2, 0.25) is 0 Å². The van der Waals surface area contributed by atoms with Crippen molar-refractivity contribution >= 4 is 33.6 Å². The number of piperazine rings is 1. The summed E-state index contributed by atoms with van der Waals surface area (Å²) in [6, 6.07) is 5.69. The Morgan fingerprint density at radius 1 is 1.09 bits per heavy atom. The first kappa shape index (κ1) is 36.1. The number of methoxy groups -OCH3 is 1. The number of likely N-dealkylation sites (tertiary alicyclic amines) is 1. The number of amides is 1. The maximum Gasteiger partial charge on any atom is 0.410 e. The first-order valence-corrected chi connectivity index (χ1v) is 18.4. The van der Waals surface area contributed by atoms with Crippen molar-refractivity contribution in [3.05, 3.63) is 47.7 Å². The van der Waals surface area contributed by atoms with Crippen LogP contribution in [0.15, 0.2) is 30.5 Å². The Kier molecular flexibility index (Phi) is 9.21. The van der Waals surface area contributed by atoms with Crippen LogP contribution in [0.25, 0.3) is 32.9 Å². The molecule has 2 aromatic carbocycles. The molecule has 0 unspecified atom stereocenters. The molecule has 4 aromatic rings. The lowest BCUT2D eigenvalue weighted by Crippen LogP contribution is -2.56. The van der Waals surface area contributed by atoms with E-state index < -0.39 is 28.9 Å². The van der Waals surface area contributed by atoms with E-state index in [0.29, 0.717) is 48.4 Å². The fourth-order valence-corrected chi connectivity index (χ4v) is 8.79. The van der Waals surface area contributed by atoms with Gasteiger partial charge in [-0.1, -0.05) is 12.0 Å². The van der Waals surface area contributed by atoms with Gasteiger partial charge >= 0.3 is 12.1 Å². The Morgan fingerprint density at radius 2 is 1.87 bits per heavy atom. The highest BCUT2D eigenvalue weighted by molar-refractivity contribution is 6.03. The van der Waals surface area contributed by atoms with Crippen LogP contribution in [-0.2, 0) is 9.47 Å². The maximum absolute atomic E-state index is 17.3. The summed E-state index contributed by atoms with van der Waals surface area (Å²) in [6.07, 6.45) is 9.56. The van der Waals surface area contributed by atoms with Crippen LogP contribution >= 0.6 is 0 Å². The summed E-state index contributed by atoms with van der Waals surface area (Å²) in [5.41, 5.74) is -1.15. The molecule has 2 bridgehead atoms. The second-order valence-corrected chi connectivity index (χ2v) is 15.7. The minimum Gasteiger partial charge on any atom is -0.468 e. The number of fused-ring (bicyclic) bond motifs is 5. The van der Waals surface area contributed by atoms with E-state index in [1.54, 1.807) is 23.1 Å². The smallest absolute Gasteiger partial charge is 0.410 e. The number of alkyl halides is 1. The lowest BCUT2D eigenvalue weighted by molar-refractivity contribution is 0.0209. The molecule has 4 aliphatic rings. The van der Waals surface area contributed by atoms with E-state index in [4.69, 9.17) is 30.4 Å². The number of hydrogen-bond donors (Lipinski definition) is 0. The summed E-state index contributed by atoms with van der Waals surface area (Å²) < 4.78 is 70.0. The Hall–Kier alpha value is -4.87. The number of carbonyl (C=O) groups is 1. The van der Waals surface area contributed by atoms with Crippen molar-refractivity contribution in [2.75, 3.05) is 51.6 Å². The molecule has 284 valence electrons. The van der Waals surface area contributed by atoms with Gasteiger partial charge in [-0.05, 0) is 76.6 Å². The molecule has 8 rings (SSSR count). The van der Waals surface area contributed by atoms with Gasteiger partial charge in [0.05, 0.1) is 16.5 Å². The van der Waals surface area contributed by atoms with Crippen molar-refractivity contribution in [3.63, 3.8) is 0 Å². The standard InChI is InChI=1S/C40H43F3N6O5/c1-6-28-31(42)11-8-23-14-27(53-22-51-5)15-29(32(23)28)34-33(43)35-30(17-44-34)36(46-37(45-35)52-21-40-12-7-13-48(40)18-24(41)16-40)49-25-9-10-26(49)20-47(19-25)38(50)54-39(2,3)4/h1,8,11,14-15,17,24-26H,7,9-10,12-13,16,18-22H2,2-5H3/t24-,25-,26+,40+/m1/s1. The largest absolute Gasteiger partial charge is 0.468 e. The predicted octanol–water partition coefficient (Wildman–Crippen LogP) is 6.63. The highest BCUT2D eigenvalue weighted by Gasteiger charge is 2.50. The van der Waals surface area contributed by atoms with Crippen molar-refractivity contribution in [2.45, 2.75) is 82.3 Å². The van der Waals surface area contributed by atoms with Crippen molar-refractivity contribution in [3.8, 4) is 35.4 Å². The molecule has 54 heavy (non-hydrogen) atoms. The third-order valence-electron chi connectivity index (χ3n) is 11.0. The SMILES string of the molecule is C#Cc1c(F)ccc2cc(OCOC)cc(-c3ncc4c(N5[C@@H]6CC[C@H]5CN(C(=O)OC(C)(C)C)C6)nc(OC[C@@]56CCCN5C[C@H](F)C6)nc4c3F)c12. The number of anilines is 1. The molecule has 4 atom stereocenters. The van der Waals surface area contributed by atoms with Gasteiger partial charge in [-0.25, -0.2) is 18.0 Å². The highest BCUT2D eigenvalue weighted by atomic mass is 19.1. The summed E-state index contributed by atoms with van der Waals surface area (Å²) in [7, 11) is 1.48. The molecule has 0 saturated carbocycles. The van der Waals surface area contributed by atoms with E-state index in [1.165, 1.54) is 19.4 Å². The second kappa shape index (κ2) is 13.8. The molecule has 2 aromatic heterocycles. The number of benzene rings is 2. The number of aromatic nitrogens is 3. The van der Waals surface area contributed by atoms with Crippen LogP contribution < -0.4 is 14.4 Å². The lowest BCUT2D eigenvalue weighted by Gasteiger charge is -2.42. The molecule has 4 aliphatic heterocycles. The van der Waals surface area contributed by atoms with Crippen molar-refractivity contribution < 1.29 is 36.9 Å². The van der Waals surface area contributed by atoms with Gasteiger partial charge in [0.1, 0.15) is 47.0 Å². The zero-order valence-corrected chi connectivity index (χ0v) is 30.8. The number of ether oxygens (including phenoxy) is 4.